The van der Waals surface area contributed by atoms with Crippen molar-refractivity contribution in [3.63, 3.8) is 0 Å². The molecule has 0 heterocycles. The largest absolute Gasteiger partial charge is 0.493 e. The lowest BCUT2D eigenvalue weighted by atomic mass is 10.1. The van der Waals surface area contributed by atoms with Gasteiger partial charge >= 0.3 is 5.97 Å². The number of rotatable bonds is 7. The molecule has 0 aromatic heterocycles. The van der Waals surface area contributed by atoms with Crippen molar-refractivity contribution in [3.8, 4) is 11.5 Å². The predicted molar refractivity (Wildman–Crippen MR) is 73.3 cm³/mol. The number of aliphatic carboxylic acids is 1. The summed E-state index contributed by atoms with van der Waals surface area (Å²) in [4.78, 5) is 22.9. The van der Waals surface area contributed by atoms with Crippen LogP contribution in [0.3, 0.4) is 0 Å². The van der Waals surface area contributed by atoms with Gasteiger partial charge in [0, 0.05) is 5.56 Å². The summed E-state index contributed by atoms with van der Waals surface area (Å²) in [5.74, 6) is -0.543. The standard InChI is InChI=1S/C14H19NO5/c1-4-10(14(17)18)15-13(16)9-6-7-11(20-5-2)12(8-9)19-3/h6-8,10H,4-5H2,1-3H3,(H,15,16)(H,17,18)/t10-/m0/s1. The van der Waals surface area contributed by atoms with Crippen LogP contribution in [0.5, 0.6) is 11.5 Å². The lowest BCUT2D eigenvalue weighted by molar-refractivity contribution is -0.139. The average Bonchev–Trinajstić information content (AvgIpc) is 2.44. The molecule has 0 aliphatic heterocycles. The fourth-order valence-electron chi connectivity index (χ4n) is 1.66. The fourth-order valence-corrected chi connectivity index (χ4v) is 1.66. The molecule has 1 rings (SSSR count). The highest BCUT2D eigenvalue weighted by molar-refractivity contribution is 5.97. The third-order valence-corrected chi connectivity index (χ3v) is 2.74. The Labute approximate surface area is 117 Å². The first kappa shape index (κ1) is 15.8. The zero-order chi connectivity index (χ0) is 15.1. The zero-order valence-electron chi connectivity index (χ0n) is 11.8. The van der Waals surface area contributed by atoms with Crippen LogP contribution in [0.25, 0.3) is 0 Å². The third-order valence-electron chi connectivity index (χ3n) is 2.74. The second kappa shape index (κ2) is 7.37. The predicted octanol–water partition coefficient (Wildman–Crippen LogP) is 1.69. The van der Waals surface area contributed by atoms with Crippen LogP contribution in [-0.2, 0) is 4.79 Å². The molecule has 0 aliphatic rings. The first-order valence-corrected chi connectivity index (χ1v) is 6.37. The van der Waals surface area contributed by atoms with Gasteiger partial charge in [0.05, 0.1) is 13.7 Å². The molecule has 0 bridgehead atoms. The van der Waals surface area contributed by atoms with E-state index in [0.717, 1.165) is 0 Å². The Bertz CT molecular complexity index is 486. The Morgan fingerprint density at radius 1 is 1.30 bits per heavy atom. The SMILES string of the molecule is CCOc1ccc(C(=O)N[C@@H](CC)C(=O)O)cc1OC. The average molecular weight is 281 g/mol. The minimum Gasteiger partial charge on any atom is -0.493 e. The van der Waals surface area contributed by atoms with E-state index in [2.05, 4.69) is 5.32 Å². The molecule has 2 N–H and O–H groups in total. The maximum atomic E-state index is 12.0. The number of carboxylic acids is 1. The number of benzene rings is 1. The van der Waals surface area contributed by atoms with Crippen molar-refractivity contribution in [2.75, 3.05) is 13.7 Å². The molecule has 0 radical (unpaired) electrons. The minimum atomic E-state index is -1.06. The smallest absolute Gasteiger partial charge is 0.326 e. The fraction of sp³-hybridized carbons (Fsp3) is 0.429. The Morgan fingerprint density at radius 2 is 2.00 bits per heavy atom. The molecule has 1 atom stereocenters. The van der Waals surface area contributed by atoms with E-state index in [1.807, 2.05) is 6.92 Å². The molecule has 110 valence electrons. The summed E-state index contributed by atoms with van der Waals surface area (Å²) >= 11 is 0. The number of amides is 1. The Balaban J connectivity index is 2.91. The van der Waals surface area contributed by atoms with Gasteiger partial charge in [-0.2, -0.15) is 0 Å². The lowest BCUT2D eigenvalue weighted by Gasteiger charge is -2.14. The van der Waals surface area contributed by atoms with Crippen molar-refractivity contribution in [3.05, 3.63) is 23.8 Å². The molecule has 0 saturated carbocycles. The van der Waals surface area contributed by atoms with Crippen LogP contribution < -0.4 is 14.8 Å². The summed E-state index contributed by atoms with van der Waals surface area (Å²) in [5.41, 5.74) is 0.324. The van der Waals surface area contributed by atoms with E-state index >= 15 is 0 Å². The van der Waals surface area contributed by atoms with Crippen LogP contribution in [0.4, 0.5) is 0 Å². The molecule has 0 spiro atoms. The van der Waals surface area contributed by atoms with Gasteiger partial charge in [-0.05, 0) is 31.5 Å². The van der Waals surface area contributed by atoms with Crippen LogP contribution >= 0.6 is 0 Å². The normalized spacial score (nSPS) is 11.6. The summed E-state index contributed by atoms with van der Waals surface area (Å²) in [7, 11) is 1.48. The van der Waals surface area contributed by atoms with Crippen molar-refractivity contribution < 1.29 is 24.2 Å². The molecule has 0 fully saturated rings. The van der Waals surface area contributed by atoms with Crippen LogP contribution in [-0.4, -0.2) is 36.7 Å². The monoisotopic (exact) mass is 281 g/mol. The maximum Gasteiger partial charge on any atom is 0.326 e. The van der Waals surface area contributed by atoms with Crippen molar-refractivity contribution >= 4 is 11.9 Å². The molecule has 6 heteroatoms. The molecule has 20 heavy (non-hydrogen) atoms. The Morgan fingerprint density at radius 3 is 2.50 bits per heavy atom. The Hall–Kier alpha value is -2.24. The molecular weight excluding hydrogens is 262 g/mol. The summed E-state index contributed by atoms with van der Waals surface area (Å²) in [6, 6.07) is 3.81. The number of carbonyl (C=O) groups is 2. The van der Waals surface area contributed by atoms with Gasteiger partial charge in [-0.25, -0.2) is 4.79 Å². The highest BCUT2D eigenvalue weighted by Crippen LogP contribution is 2.28. The number of carboxylic acid groups (broad SMARTS) is 1. The van der Waals surface area contributed by atoms with Crippen molar-refractivity contribution in [1.29, 1.82) is 0 Å². The van der Waals surface area contributed by atoms with Crippen LogP contribution in [0, 0.1) is 0 Å². The number of hydrogen-bond acceptors (Lipinski definition) is 4. The van der Waals surface area contributed by atoms with E-state index in [1.165, 1.54) is 13.2 Å². The van der Waals surface area contributed by atoms with Gasteiger partial charge < -0.3 is 19.9 Å². The summed E-state index contributed by atoms with van der Waals surface area (Å²) in [5, 5.41) is 11.4. The van der Waals surface area contributed by atoms with E-state index in [-0.39, 0.29) is 0 Å². The zero-order valence-corrected chi connectivity index (χ0v) is 11.8. The van der Waals surface area contributed by atoms with Gasteiger partial charge in [0.2, 0.25) is 0 Å². The quantitative estimate of drug-likeness (QED) is 0.794. The van der Waals surface area contributed by atoms with E-state index < -0.39 is 17.9 Å². The maximum absolute atomic E-state index is 12.0. The van der Waals surface area contributed by atoms with E-state index in [0.29, 0.717) is 30.1 Å². The van der Waals surface area contributed by atoms with Gasteiger partial charge in [-0.15, -0.1) is 0 Å². The van der Waals surface area contributed by atoms with E-state index in [1.54, 1.807) is 19.1 Å². The molecule has 0 aliphatic carbocycles. The second-order valence-corrected chi connectivity index (χ2v) is 4.07. The first-order chi connectivity index (χ1) is 9.53. The number of hydrogen-bond donors (Lipinski definition) is 2. The summed E-state index contributed by atoms with van der Waals surface area (Å²) in [6.07, 6.45) is 0.315. The van der Waals surface area contributed by atoms with Gasteiger partial charge in [0.1, 0.15) is 6.04 Å². The van der Waals surface area contributed by atoms with Gasteiger partial charge in [0.15, 0.2) is 11.5 Å². The van der Waals surface area contributed by atoms with Gasteiger partial charge in [0.25, 0.3) is 5.91 Å². The van der Waals surface area contributed by atoms with Crippen molar-refractivity contribution in [2.24, 2.45) is 0 Å². The second-order valence-electron chi connectivity index (χ2n) is 4.07. The van der Waals surface area contributed by atoms with Crippen molar-refractivity contribution in [2.45, 2.75) is 26.3 Å². The highest BCUT2D eigenvalue weighted by Gasteiger charge is 2.19. The first-order valence-electron chi connectivity index (χ1n) is 6.37. The lowest BCUT2D eigenvalue weighted by Crippen LogP contribution is -2.40. The summed E-state index contributed by atoms with van der Waals surface area (Å²) < 4.78 is 10.5. The molecule has 1 amide bonds. The van der Waals surface area contributed by atoms with Crippen LogP contribution in [0.2, 0.25) is 0 Å². The number of methoxy groups -OCH3 is 1. The third kappa shape index (κ3) is 3.88. The number of carbonyl (C=O) groups excluding carboxylic acids is 1. The highest BCUT2D eigenvalue weighted by atomic mass is 16.5. The topological polar surface area (TPSA) is 84.9 Å². The molecule has 1 aromatic rings. The minimum absolute atomic E-state index is 0.315. The molecule has 6 nitrogen and oxygen atoms in total. The van der Waals surface area contributed by atoms with Gasteiger partial charge in [-0.3, -0.25) is 4.79 Å². The number of ether oxygens (including phenoxy) is 2. The Kier molecular flexibility index (Phi) is 5.83. The molecular formula is C14H19NO5. The number of nitrogens with one attached hydrogen (secondary N) is 1. The van der Waals surface area contributed by atoms with Crippen LogP contribution in [0.1, 0.15) is 30.6 Å². The van der Waals surface area contributed by atoms with Crippen molar-refractivity contribution in [1.82, 2.24) is 5.32 Å². The van der Waals surface area contributed by atoms with Gasteiger partial charge in [-0.1, -0.05) is 6.92 Å². The van der Waals surface area contributed by atoms with Crippen LogP contribution in [0.15, 0.2) is 18.2 Å². The molecule has 1 aromatic carbocycles. The van der Waals surface area contributed by atoms with E-state index in [9.17, 15) is 9.59 Å². The molecule has 0 unspecified atom stereocenters. The molecule has 0 saturated heterocycles. The van der Waals surface area contributed by atoms with E-state index in [4.69, 9.17) is 14.6 Å². The summed E-state index contributed by atoms with van der Waals surface area (Å²) in [6.45, 7) is 4.02.